The Morgan fingerprint density at radius 1 is 0.906 bits per heavy atom. The predicted molar refractivity (Wildman–Crippen MR) is 122 cm³/mol. The van der Waals surface area contributed by atoms with Crippen LogP contribution in [0.4, 0.5) is 0 Å². The van der Waals surface area contributed by atoms with Crippen molar-refractivity contribution in [2.75, 3.05) is 13.7 Å². The molecule has 0 unspecified atom stereocenters. The number of esters is 1. The Hall–Kier alpha value is -4.13. The van der Waals surface area contributed by atoms with Crippen molar-refractivity contribution in [1.29, 1.82) is 0 Å². The summed E-state index contributed by atoms with van der Waals surface area (Å²) >= 11 is 0. The number of amides is 1. The van der Waals surface area contributed by atoms with Gasteiger partial charge in [0, 0.05) is 0 Å². The molecule has 0 aliphatic heterocycles. The average molecular weight is 432 g/mol. The molecule has 3 aromatic rings. The van der Waals surface area contributed by atoms with E-state index in [2.05, 4.69) is 10.5 Å². The van der Waals surface area contributed by atoms with Crippen molar-refractivity contribution >= 4 is 18.1 Å². The lowest BCUT2D eigenvalue weighted by Crippen LogP contribution is -2.24. The highest BCUT2D eigenvalue weighted by atomic mass is 16.6. The summed E-state index contributed by atoms with van der Waals surface area (Å²) in [4.78, 5) is 24.2. The molecular formula is C25H24N2O5. The molecule has 3 aromatic carbocycles. The number of aryl methyl sites for hydroxylation is 2. The molecule has 0 bridgehead atoms. The van der Waals surface area contributed by atoms with Gasteiger partial charge in [0.1, 0.15) is 5.75 Å². The fourth-order valence-electron chi connectivity index (χ4n) is 2.69. The van der Waals surface area contributed by atoms with Gasteiger partial charge in [-0.05, 0) is 61.9 Å². The van der Waals surface area contributed by atoms with Crippen molar-refractivity contribution < 1.29 is 23.8 Å². The van der Waals surface area contributed by atoms with Gasteiger partial charge in [0.05, 0.1) is 18.9 Å². The largest absolute Gasteiger partial charge is 0.493 e. The second-order valence-corrected chi connectivity index (χ2v) is 7.06. The SMILES string of the molecule is COc1cc(/C=N\NC(=O)COc2ccc(C)cc2)ccc1OC(=O)c1ccc(C)cc1. The first-order valence-corrected chi connectivity index (χ1v) is 9.93. The van der Waals surface area contributed by atoms with Gasteiger partial charge in [-0.2, -0.15) is 5.10 Å². The standard InChI is InChI=1S/C25H24N2O5/c1-17-4-9-20(10-5-17)25(29)32-22-13-8-19(14-23(22)30-3)15-26-27-24(28)16-31-21-11-6-18(2)7-12-21/h4-15H,16H2,1-3H3,(H,27,28)/b26-15-. The van der Waals surface area contributed by atoms with E-state index in [-0.39, 0.29) is 12.4 Å². The molecule has 164 valence electrons. The summed E-state index contributed by atoms with van der Waals surface area (Å²) in [5, 5.41) is 3.92. The van der Waals surface area contributed by atoms with Crippen LogP contribution < -0.4 is 19.6 Å². The first-order valence-electron chi connectivity index (χ1n) is 9.93. The predicted octanol–water partition coefficient (Wildman–Crippen LogP) is 4.06. The van der Waals surface area contributed by atoms with Crippen molar-refractivity contribution in [3.05, 3.63) is 89.0 Å². The van der Waals surface area contributed by atoms with Crippen molar-refractivity contribution in [2.45, 2.75) is 13.8 Å². The lowest BCUT2D eigenvalue weighted by molar-refractivity contribution is -0.123. The topological polar surface area (TPSA) is 86.2 Å². The van der Waals surface area contributed by atoms with Crippen LogP contribution in [0.25, 0.3) is 0 Å². The molecule has 0 saturated carbocycles. The molecule has 32 heavy (non-hydrogen) atoms. The third kappa shape index (κ3) is 6.43. The maximum absolute atomic E-state index is 12.3. The van der Waals surface area contributed by atoms with Crippen LogP contribution in [-0.4, -0.2) is 31.8 Å². The molecule has 0 fully saturated rings. The van der Waals surface area contributed by atoms with E-state index in [1.807, 2.05) is 38.1 Å². The van der Waals surface area contributed by atoms with Crippen molar-refractivity contribution in [1.82, 2.24) is 5.43 Å². The lowest BCUT2D eigenvalue weighted by Gasteiger charge is -2.10. The third-order valence-corrected chi connectivity index (χ3v) is 4.47. The summed E-state index contributed by atoms with van der Waals surface area (Å²) in [6, 6.07) is 19.4. The molecule has 1 amide bonds. The zero-order valence-corrected chi connectivity index (χ0v) is 18.1. The van der Waals surface area contributed by atoms with Gasteiger partial charge in [0.15, 0.2) is 18.1 Å². The highest BCUT2D eigenvalue weighted by Gasteiger charge is 2.12. The van der Waals surface area contributed by atoms with Gasteiger partial charge >= 0.3 is 5.97 Å². The van der Waals surface area contributed by atoms with E-state index in [0.717, 1.165) is 11.1 Å². The highest BCUT2D eigenvalue weighted by Crippen LogP contribution is 2.28. The fourth-order valence-corrected chi connectivity index (χ4v) is 2.69. The zero-order valence-electron chi connectivity index (χ0n) is 18.1. The normalized spacial score (nSPS) is 10.6. The Balaban J connectivity index is 1.55. The summed E-state index contributed by atoms with van der Waals surface area (Å²) in [6.07, 6.45) is 1.46. The molecule has 7 nitrogen and oxygen atoms in total. The molecule has 0 aliphatic rings. The van der Waals surface area contributed by atoms with Gasteiger partial charge in [0.25, 0.3) is 5.91 Å². The highest BCUT2D eigenvalue weighted by molar-refractivity contribution is 5.91. The van der Waals surface area contributed by atoms with Gasteiger partial charge in [0.2, 0.25) is 0 Å². The average Bonchev–Trinajstić information content (AvgIpc) is 2.80. The van der Waals surface area contributed by atoms with E-state index >= 15 is 0 Å². The number of rotatable bonds is 8. The van der Waals surface area contributed by atoms with Gasteiger partial charge in [-0.1, -0.05) is 35.4 Å². The summed E-state index contributed by atoms with van der Waals surface area (Å²) in [5.74, 6) is 0.382. The minimum atomic E-state index is -0.481. The van der Waals surface area contributed by atoms with Crippen LogP contribution in [-0.2, 0) is 4.79 Å². The number of hydrogen-bond donors (Lipinski definition) is 1. The number of carbonyl (C=O) groups is 2. The first kappa shape index (κ1) is 22.6. The van der Waals surface area contributed by atoms with Gasteiger partial charge in [-0.15, -0.1) is 0 Å². The maximum Gasteiger partial charge on any atom is 0.343 e. The van der Waals surface area contributed by atoms with E-state index in [4.69, 9.17) is 14.2 Å². The zero-order chi connectivity index (χ0) is 22.9. The Morgan fingerprint density at radius 3 is 2.22 bits per heavy atom. The number of hydrogen-bond acceptors (Lipinski definition) is 6. The van der Waals surface area contributed by atoms with Crippen molar-refractivity contribution in [3.63, 3.8) is 0 Å². The van der Waals surface area contributed by atoms with Crippen molar-refractivity contribution in [3.8, 4) is 17.2 Å². The molecule has 0 aromatic heterocycles. The van der Waals surface area contributed by atoms with Crippen molar-refractivity contribution in [2.24, 2.45) is 5.10 Å². The van der Waals surface area contributed by atoms with E-state index in [1.165, 1.54) is 13.3 Å². The maximum atomic E-state index is 12.3. The third-order valence-electron chi connectivity index (χ3n) is 4.47. The van der Waals surface area contributed by atoms with E-state index in [1.54, 1.807) is 42.5 Å². The van der Waals surface area contributed by atoms with Crippen LogP contribution in [0.5, 0.6) is 17.2 Å². The molecule has 0 saturated heterocycles. The Bertz CT molecular complexity index is 1110. The molecule has 0 radical (unpaired) electrons. The fraction of sp³-hybridized carbons (Fsp3) is 0.160. The monoisotopic (exact) mass is 432 g/mol. The first-order chi connectivity index (χ1) is 15.4. The number of benzene rings is 3. The Morgan fingerprint density at radius 2 is 1.56 bits per heavy atom. The van der Waals surface area contributed by atoms with Crippen LogP contribution in [0, 0.1) is 13.8 Å². The van der Waals surface area contributed by atoms with E-state index < -0.39 is 11.9 Å². The number of carbonyl (C=O) groups excluding carboxylic acids is 2. The number of hydrazone groups is 1. The van der Waals surface area contributed by atoms with Crippen LogP contribution in [0.1, 0.15) is 27.0 Å². The van der Waals surface area contributed by atoms with Crippen LogP contribution in [0.2, 0.25) is 0 Å². The summed E-state index contributed by atoms with van der Waals surface area (Å²) < 4.78 is 16.2. The molecule has 1 N–H and O–H groups in total. The Labute approximate surface area is 186 Å². The lowest BCUT2D eigenvalue weighted by atomic mass is 10.1. The molecule has 0 aliphatic carbocycles. The van der Waals surface area contributed by atoms with E-state index in [9.17, 15) is 9.59 Å². The minimum absolute atomic E-state index is 0.155. The quantitative estimate of drug-likeness (QED) is 0.251. The number of nitrogens with one attached hydrogen (secondary N) is 1. The second-order valence-electron chi connectivity index (χ2n) is 7.06. The molecule has 7 heteroatoms. The van der Waals surface area contributed by atoms with Gasteiger partial charge in [-0.3, -0.25) is 4.79 Å². The Kier molecular flexibility index (Phi) is 7.59. The molecule has 0 heterocycles. The summed E-state index contributed by atoms with van der Waals surface area (Å²) in [5.41, 5.74) is 5.66. The number of ether oxygens (including phenoxy) is 3. The van der Waals surface area contributed by atoms with Crippen LogP contribution in [0.15, 0.2) is 71.8 Å². The molecular weight excluding hydrogens is 408 g/mol. The smallest absolute Gasteiger partial charge is 0.343 e. The number of nitrogens with zero attached hydrogens (tertiary/aromatic N) is 1. The van der Waals surface area contributed by atoms with Crippen LogP contribution in [0.3, 0.4) is 0 Å². The summed E-state index contributed by atoms with van der Waals surface area (Å²) in [6.45, 7) is 3.76. The summed E-state index contributed by atoms with van der Waals surface area (Å²) in [7, 11) is 1.48. The molecule has 0 spiro atoms. The van der Waals surface area contributed by atoms with Crippen LogP contribution >= 0.6 is 0 Å². The molecule has 3 rings (SSSR count). The minimum Gasteiger partial charge on any atom is -0.493 e. The van der Waals surface area contributed by atoms with E-state index in [0.29, 0.717) is 22.6 Å². The molecule has 0 atom stereocenters. The number of methoxy groups -OCH3 is 1. The van der Waals surface area contributed by atoms with Gasteiger partial charge < -0.3 is 14.2 Å². The second kappa shape index (κ2) is 10.8. The van der Waals surface area contributed by atoms with Gasteiger partial charge in [-0.25, -0.2) is 10.2 Å².